The quantitative estimate of drug-likeness (QED) is 0.851. The van der Waals surface area contributed by atoms with E-state index in [9.17, 15) is 0 Å². The van der Waals surface area contributed by atoms with Gasteiger partial charge >= 0.3 is 0 Å². The smallest absolute Gasteiger partial charge is 0.0949 e. The summed E-state index contributed by atoms with van der Waals surface area (Å²) in [5.41, 5.74) is 4.00. The number of aryl methyl sites for hydroxylation is 1. The van der Waals surface area contributed by atoms with Gasteiger partial charge in [0.1, 0.15) is 0 Å². The molecule has 0 radical (unpaired) electrons. The first kappa shape index (κ1) is 10.5. The summed E-state index contributed by atoms with van der Waals surface area (Å²) >= 11 is 0. The Balaban J connectivity index is 1.81. The minimum Gasteiger partial charge on any atom is -0.332 e. The summed E-state index contributed by atoms with van der Waals surface area (Å²) in [4.78, 5) is 4.23. The van der Waals surface area contributed by atoms with E-state index in [1.165, 1.54) is 16.8 Å². The molecule has 1 unspecified atom stereocenters. The molecule has 0 amide bonds. The molecule has 1 aliphatic heterocycles. The van der Waals surface area contributed by atoms with Gasteiger partial charge in [0.2, 0.25) is 0 Å². The molecular formula is C14H17N3. The molecule has 0 aliphatic carbocycles. The Bertz CT molecular complexity index is 498. The second-order valence-corrected chi connectivity index (χ2v) is 4.71. The van der Waals surface area contributed by atoms with Crippen LogP contribution in [-0.2, 0) is 13.0 Å². The molecule has 1 aromatic heterocycles. The van der Waals surface area contributed by atoms with Gasteiger partial charge in [-0.2, -0.15) is 0 Å². The van der Waals surface area contributed by atoms with Crippen LogP contribution in [0.2, 0.25) is 0 Å². The fourth-order valence-electron chi connectivity index (χ4n) is 2.41. The van der Waals surface area contributed by atoms with Crippen molar-refractivity contribution >= 4 is 0 Å². The number of imidazole rings is 1. The van der Waals surface area contributed by atoms with Crippen molar-refractivity contribution in [3.63, 3.8) is 0 Å². The Morgan fingerprint density at radius 3 is 3.00 bits per heavy atom. The van der Waals surface area contributed by atoms with Crippen molar-refractivity contribution in [2.24, 2.45) is 0 Å². The maximum absolute atomic E-state index is 4.23. The second kappa shape index (κ2) is 4.34. The first-order valence-corrected chi connectivity index (χ1v) is 6.12. The summed E-state index contributed by atoms with van der Waals surface area (Å²) in [5.74, 6) is 0. The molecule has 17 heavy (non-hydrogen) atoms. The van der Waals surface area contributed by atoms with Gasteiger partial charge in [0.05, 0.1) is 18.1 Å². The van der Waals surface area contributed by atoms with Crippen LogP contribution in [0.3, 0.4) is 0 Å². The maximum Gasteiger partial charge on any atom is 0.0949 e. The van der Waals surface area contributed by atoms with Gasteiger partial charge in [-0.1, -0.05) is 29.8 Å². The molecule has 88 valence electrons. The largest absolute Gasteiger partial charge is 0.332 e. The van der Waals surface area contributed by atoms with Crippen molar-refractivity contribution in [3.05, 3.63) is 53.6 Å². The van der Waals surface area contributed by atoms with Crippen molar-refractivity contribution < 1.29 is 0 Å². The Hall–Kier alpha value is -1.61. The summed E-state index contributed by atoms with van der Waals surface area (Å²) in [7, 11) is 0. The standard InChI is InChI=1S/C14H17N3/c1-11-2-4-12(5-3-11)8-13-14-9-15-10-17(14)7-6-16-13/h2-5,9-10,13,16H,6-8H2,1H3. The average Bonchev–Trinajstić information content (AvgIpc) is 2.81. The normalized spacial score (nSPS) is 19.0. The number of hydrogen-bond donors (Lipinski definition) is 1. The molecule has 0 saturated carbocycles. The van der Waals surface area contributed by atoms with E-state index in [1.54, 1.807) is 0 Å². The number of rotatable bonds is 2. The monoisotopic (exact) mass is 227 g/mol. The van der Waals surface area contributed by atoms with Crippen LogP contribution in [0.4, 0.5) is 0 Å². The third kappa shape index (κ3) is 2.11. The van der Waals surface area contributed by atoms with Crippen LogP contribution in [0, 0.1) is 6.92 Å². The fraction of sp³-hybridized carbons (Fsp3) is 0.357. The van der Waals surface area contributed by atoms with E-state index >= 15 is 0 Å². The van der Waals surface area contributed by atoms with Crippen LogP contribution < -0.4 is 5.32 Å². The topological polar surface area (TPSA) is 29.9 Å². The molecule has 0 fully saturated rings. The average molecular weight is 227 g/mol. The van der Waals surface area contributed by atoms with Gasteiger partial charge in [0.25, 0.3) is 0 Å². The molecule has 0 saturated heterocycles. The zero-order valence-corrected chi connectivity index (χ0v) is 10.1. The highest BCUT2D eigenvalue weighted by molar-refractivity contribution is 5.23. The number of nitrogens with one attached hydrogen (secondary N) is 1. The third-order valence-electron chi connectivity index (χ3n) is 3.41. The maximum atomic E-state index is 4.23. The highest BCUT2D eigenvalue weighted by atomic mass is 15.1. The van der Waals surface area contributed by atoms with Gasteiger partial charge in [0.15, 0.2) is 0 Å². The van der Waals surface area contributed by atoms with Gasteiger partial charge < -0.3 is 9.88 Å². The predicted octanol–water partition coefficient (Wildman–Crippen LogP) is 2.08. The van der Waals surface area contributed by atoms with Gasteiger partial charge in [0, 0.05) is 19.3 Å². The number of aromatic nitrogens is 2. The van der Waals surface area contributed by atoms with Gasteiger partial charge in [-0.05, 0) is 18.9 Å². The molecule has 2 heterocycles. The van der Waals surface area contributed by atoms with E-state index in [1.807, 2.05) is 12.5 Å². The summed E-state index contributed by atoms with van der Waals surface area (Å²) in [6.07, 6.45) is 4.94. The minimum atomic E-state index is 0.397. The summed E-state index contributed by atoms with van der Waals surface area (Å²) < 4.78 is 2.25. The lowest BCUT2D eigenvalue weighted by Gasteiger charge is -2.25. The van der Waals surface area contributed by atoms with E-state index in [4.69, 9.17) is 0 Å². The zero-order valence-electron chi connectivity index (χ0n) is 10.1. The lowest BCUT2D eigenvalue weighted by Crippen LogP contribution is -2.33. The van der Waals surface area contributed by atoms with Crippen LogP contribution in [0.5, 0.6) is 0 Å². The van der Waals surface area contributed by atoms with Crippen LogP contribution >= 0.6 is 0 Å². The SMILES string of the molecule is Cc1ccc(CC2NCCn3cncc32)cc1. The molecule has 3 rings (SSSR count). The van der Waals surface area contributed by atoms with Crippen molar-refractivity contribution in [2.45, 2.75) is 25.9 Å². The van der Waals surface area contributed by atoms with Crippen molar-refractivity contribution in [3.8, 4) is 0 Å². The van der Waals surface area contributed by atoms with Gasteiger partial charge in [-0.15, -0.1) is 0 Å². The zero-order chi connectivity index (χ0) is 11.7. The lowest BCUT2D eigenvalue weighted by molar-refractivity contribution is 0.423. The first-order chi connectivity index (χ1) is 8.33. The highest BCUT2D eigenvalue weighted by Crippen LogP contribution is 2.21. The fourth-order valence-corrected chi connectivity index (χ4v) is 2.41. The Morgan fingerprint density at radius 1 is 1.35 bits per heavy atom. The summed E-state index contributed by atoms with van der Waals surface area (Å²) in [6.45, 7) is 4.18. The number of hydrogen-bond acceptors (Lipinski definition) is 2. The molecule has 1 N–H and O–H groups in total. The van der Waals surface area contributed by atoms with E-state index in [0.717, 1.165) is 19.5 Å². The van der Waals surface area contributed by atoms with Crippen LogP contribution in [0.1, 0.15) is 22.9 Å². The van der Waals surface area contributed by atoms with E-state index < -0.39 is 0 Å². The van der Waals surface area contributed by atoms with E-state index in [-0.39, 0.29) is 0 Å². The summed E-state index contributed by atoms with van der Waals surface area (Å²) in [6, 6.07) is 9.18. The molecular weight excluding hydrogens is 210 g/mol. The lowest BCUT2D eigenvalue weighted by atomic mass is 10.0. The van der Waals surface area contributed by atoms with Gasteiger partial charge in [-0.3, -0.25) is 0 Å². The van der Waals surface area contributed by atoms with Crippen molar-refractivity contribution in [2.75, 3.05) is 6.54 Å². The number of fused-ring (bicyclic) bond motifs is 1. The Labute approximate surface area is 101 Å². The van der Waals surface area contributed by atoms with Crippen molar-refractivity contribution in [1.82, 2.24) is 14.9 Å². The predicted molar refractivity (Wildman–Crippen MR) is 67.9 cm³/mol. The first-order valence-electron chi connectivity index (χ1n) is 6.12. The molecule has 3 nitrogen and oxygen atoms in total. The molecule has 0 spiro atoms. The number of benzene rings is 1. The molecule has 1 aromatic carbocycles. The van der Waals surface area contributed by atoms with E-state index in [2.05, 4.69) is 46.1 Å². The molecule has 1 aliphatic rings. The minimum absolute atomic E-state index is 0.397. The van der Waals surface area contributed by atoms with Gasteiger partial charge in [-0.25, -0.2) is 4.98 Å². The molecule has 1 atom stereocenters. The Morgan fingerprint density at radius 2 is 2.18 bits per heavy atom. The van der Waals surface area contributed by atoms with E-state index in [0.29, 0.717) is 6.04 Å². The summed E-state index contributed by atoms with van der Waals surface area (Å²) in [5, 5.41) is 3.56. The van der Waals surface area contributed by atoms with Crippen LogP contribution in [-0.4, -0.2) is 16.1 Å². The van der Waals surface area contributed by atoms with Crippen molar-refractivity contribution in [1.29, 1.82) is 0 Å². The second-order valence-electron chi connectivity index (χ2n) is 4.71. The highest BCUT2D eigenvalue weighted by Gasteiger charge is 2.19. The third-order valence-corrected chi connectivity index (χ3v) is 3.41. The number of nitrogens with zero attached hydrogens (tertiary/aromatic N) is 2. The molecule has 0 bridgehead atoms. The van der Waals surface area contributed by atoms with Crippen LogP contribution in [0.25, 0.3) is 0 Å². The van der Waals surface area contributed by atoms with Crippen LogP contribution in [0.15, 0.2) is 36.8 Å². The Kier molecular flexibility index (Phi) is 2.69. The molecule has 3 heteroatoms. The molecule has 2 aromatic rings.